The number of imide groups is 1. The van der Waals surface area contributed by atoms with Crippen LogP contribution in [0, 0.1) is 18.3 Å². The van der Waals surface area contributed by atoms with Crippen molar-refractivity contribution in [2.75, 3.05) is 26.2 Å². The first-order chi connectivity index (χ1) is 10.5. The van der Waals surface area contributed by atoms with Gasteiger partial charge in [0.2, 0.25) is 0 Å². The van der Waals surface area contributed by atoms with E-state index in [-0.39, 0.29) is 11.8 Å². The Hall–Kier alpha value is -2.23. The van der Waals surface area contributed by atoms with Crippen molar-refractivity contribution in [1.82, 2.24) is 20.9 Å². The molecular formula is C15H23N5O2. The van der Waals surface area contributed by atoms with Crippen molar-refractivity contribution in [2.45, 2.75) is 32.2 Å². The van der Waals surface area contributed by atoms with Crippen LogP contribution in [0.2, 0.25) is 0 Å². The summed E-state index contributed by atoms with van der Waals surface area (Å²) in [6.07, 6.45) is 6.89. The van der Waals surface area contributed by atoms with E-state index in [4.69, 9.17) is 6.42 Å². The highest BCUT2D eigenvalue weighted by molar-refractivity contribution is 6.07. The molecule has 3 N–H and O–H groups in total. The molecule has 0 spiro atoms. The highest BCUT2D eigenvalue weighted by Gasteiger charge is 2.48. The van der Waals surface area contributed by atoms with Crippen LogP contribution >= 0.6 is 0 Å². The molecule has 2 heterocycles. The molecule has 0 aromatic rings. The Labute approximate surface area is 130 Å². The van der Waals surface area contributed by atoms with Crippen LogP contribution in [0.3, 0.4) is 0 Å². The second kappa shape index (κ2) is 6.69. The smallest absolute Gasteiger partial charge is 0.322 e. The number of hydrogen-bond donors (Lipinski definition) is 3. The molecule has 22 heavy (non-hydrogen) atoms. The van der Waals surface area contributed by atoms with Crippen molar-refractivity contribution in [3.8, 4) is 12.3 Å². The van der Waals surface area contributed by atoms with Gasteiger partial charge >= 0.3 is 6.03 Å². The standard InChI is InChI=1S/C15H23N5O2/c1-4-8-17-13(16-5-2)20-9-6-11(7-10-20)15(3)12(21)18-14(22)19-15/h1,11H,5-10H2,2-3H3,(H,16,17)(H2,18,19,21,22). The summed E-state index contributed by atoms with van der Waals surface area (Å²) in [5.74, 6) is 3.20. The summed E-state index contributed by atoms with van der Waals surface area (Å²) in [4.78, 5) is 29.9. The molecule has 1 unspecified atom stereocenters. The first kappa shape index (κ1) is 16.1. The van der Waals surface area contributed by atoms with Gasteiger partial charge in [0, 0.05) is 19.6 Å². The summed E-state index contributed by atoms with van der Waals surface area (Å²) < 4.78 is 0. The molecule has 2 rings (SSSR count). The maximum absolute atomic E-state index is 12.0. The summed E-state index contributed by atoms with van der Waals surface area (Å²) in [5, 5.41) is 8.32. The zero-order valence-corrected chi connectivity index (χ0v) is 13.1. The first-order valence-electron chi connectivity index (χ1n) is 7.61. The van der Waals surface area contributed by atoms with Gasteiger partial charge in [-0.05, 0) is 32.6 Å². The lowest BCUT2D eigenvalue weighted by atomic mass is 9.79. The summed E-state index contributed by atoms with van der Waals surface area (Å²) >= 11 is 0. The molecule has 0 saturated carbocycles. The van der Waals surface area contributed by atoms with Crippen molar-refractivity contribution in [1.29, 1.82) is 0 Å². The molecule has 0 bridgehead atoms. The summed E-state index contributed by atoms with van der Waals surface area (Å²) in [6.45, 7) is 6.49. The number of nitrogens with zero attached hydrogens (tertiary/aromatic N) is 2. The van der Waals surface area contributed by atoms with E-state index < -0.39 is 11.6 Å². The quantitative estimate of drug-likeness (QED) is 0.294. The Morgan fingerprint density at radius 2 is 2.18 bits per heavy atom. The topological polar surface area (TPSA) is 85.8 Å². The molecule has 2 saturated heterocycles. The third-order valence-electron chi connectivity index (χ3n) is 4.34. The number of terminal acetylenes is 1. The fourth-order valence-electron chi connectivity index (χ4n) is 3.06. The van der Waals surface area contributed by atoms with E-state index in [2.05, 4.69) is 31.8 Å². The van der Waals surface area contributed by atoms with Crippen molar-refractivity contribution in [3.05, 3.63) is 0 Å². The van der Waals surface area contributed by atoms with E-state index in [9.17, 15) is 9.59 Å². The van der Waals surface area contributed by atoms with Crippen LogP contribution in [-0.2, 0) is 4.79 Å². The molecule has 0 aromatic carbocycles. The number of guanidine groups is 1. The number of rotatable bonds is 3. The maximum Gasteiger partial charge on any atom is 0.322 e. The molecule has 120 valence electrons. The van der Waals surface area contributed by atoms with Gasteiger partial charge in [-0.2, -0.15) is 0 Å². The monoisotopic (exact) mass is 305 g/mol. The summed E-state index contributed by atoms with van der Waals surface area (Å²) in [7, 11) is 0. The maximum atomic E-state index is 12.0. The number of likely N-dealkylation sites (tertiary alicyclic amines) is 1. The first-order valence-corrected chi connectivity index (χ1v) is 7.61. The van der Waals surface area contributed by atoms with Crippen LogP contribution in [0.25, 0.3) is 0 Å². The minimum Gasteiger partial charge on any atom is -0.356 e. The van der Waals surface area contributed by atoms with Crippen LogP contribution in [0.4, 0.5) is 4.79 Å². The van der Waals surface area contributed by atoms with Crippen LogP contribution in [-0.4, -0.2) is 54.5 Å². The summed E-state index contributed by atoms with van der Waals surface area (Å²) in [5.41, 5.74) is -0.808. The highest BCUT2D eigenvalue weighted by atomic mass is 16.2. The fourth-order valence-corrected chi connectivity index (χ4v) is 3.06. The lowest BCUT2D eigenvalue weighted by Crippen LogP contribution is -2.55. The van der Waals surface area contributed by atoms with Gasteiger partial charge in [-0.25, -0.2) is 9.79 Å². The van der Waals surface area contributed by atoms with Crippen LogP contribution < -0.4 is 16.0 Å². The zero-order valence-electron chi connectivity index (χ0n) is 13.1. The number of nitrogens with one attached hydrogen (secondary N) is 3. The second-order valence-corrected chi connectivity index (χ2v) is 5.75. The van der Waals surface area contributed by atoms with Crippen molar-refractivity contribution in [3.63, 3.8) is 0 Å². The van der Waals surface area contributed by atoms with E-state index in [1.807, 2.05) is 6.92 Å². The Kier molecular flexibility index (Phi) is 4.91. The SMILES string of the molecule is C#CCN=C(NCC)N1CCC(C2(C)NC(=O)NC2=O)CC1. The molecule has 0 aromatic heterocycles. The summed E-state index contributed by atoms with van der Waals surface area (Å²) in [6, 6.07) is -0.404. The van der Waals surface area contributed by atoms with Crippen LogP contribution in [0.15, 0.2) is 4.99 Å². The van der Waals surface area contributed by atoms with Crippen LogP contribution in [0.5, 0.6) is 0 Å². The minimum atomic E-state index is -0.808. The van der Waals surface area contributed by atoms with Gasteiger partial charge in [-0.3, -0.25) is 10.1 Å². The molecule has 2 fully saturated rings. The molecule has 0 aliphatic carbocycles. The molecule has 7 heteroatoms. The van der Waals surface area contributed by atoms with E-state index in [1.165, 1.54) is 0 Å². The van der Waals surface area contributed by atoms with Gasteiger partial charge in [0.15, 0.2) is 5.96 Å². The molecule has 1 atom stereocenters. The Bertz CT molecular complexity index is 517. The Morgan fingerprint density at radius 1 is 1.50 bits per heavy atom. The number of amides is 3. The predicted octanol–water partition coefficient (Wildman–Crippen LogP) is -0.105. The van der Waals surface area contributed by atoms with Crippen molar-refractivity contribution < 1.29 is 9.59 Å². The molecule has 0 radical (unpaired) electrons. The van der Waals surface area contributed by atoms with Crippen molar-refractivity contribution >= 4 is 17.9 Å². The fraction of sp³-hybridized carbons (Fsp3) is 0.667. The van der Waals surface area contributed by atoms with E-state index in [0.717, 1.165) is 38.4 Å². The van der Waals surface area contributed by atoms with Gasteiger partial charge < -0.3 is 15.5 Å². The van der Waals surface area contributed by atoms with Gasteiger partial charge in [0.1, 0.15) is 12.1 Å². The number of piperidine rings is 1. The third-order valence-corrected chi connectivity index (χ3v) is 4.34. The predicted molar refractivity (Wildman–Crippen MR) is 84.2 cm³/mol. The molecule has 3 amide bonds. The van der Waals surface area contributed by atoms with E-state index >= 15 is 0 Å². The second-order valence-electron chi connectivity index (χ2n) is 5.75. The largest absolute Gasteiger partial charge is 0.356 e. The number of carbonyl (C=O) groups excluding carboxylic acids is 2. The zero-order chi connectivity index (χ0) is 16.2. The molecular weight excluding hydrogens is 282 g/mol. The number of carbonyl (C=O) groups is 2. The average molecular weight is 305 g/mol. The Morgan fingerprint density at radius 3 is 2.68 bits per heavy atom. The van der Waals surface area contributed by atoms with Crippen LogP contribution in [0.1, 0.15) is 26.7 Å². The van der Waals surface area contributed by atoms with Gasteiger partial charge in [0.25, 0.3) is 5.91 Å². The van der Waals surface area contributed by atoms with Gasteiger partial charge in [0.05, 0.1) is 0 Å². The lowest BCUT2D eigenvalue weighted by molar-refractivity contribution is -0.125. The number of hydrogen-bond acceptors (Lipinski definition) is 3. The number of urea groups is 1. The molecule has 7 nitrogen and oxygen atoms in total. The number of aliphatic imine (C=N–C) groups is 1. The van der Waals surface area contributed by atoms with E-state index in [0.29, 0.717) is 6.54 Å². The van der Waals surface area contributed by atoms with E-state index in [1.54, 1.807) is 6.92 Å². The normalized spacial score (nSPS) is 26.4. The van der Waals surface area contributed by atoms with Gasteiger partial charge in [-0.1, -0.05) is 5.92 Å². The average Bonchev–Trinajstić information content (AvgIpc) is 2.77. The third kappa shape index (κ3) is 3.16. The lowest BCUT2D eigenvalue weighted by Gasteiger charge is -2.39. The molecule has 2 aliphatic rings. The van der Waals surface area contributed by atoms with Gasteiger partial charge in [-0.15, -0.1) is 6.42 Å². The Balaban J connectivity index is 1.99. The highest BCUT2D eigenvalue weighted by Crippen LogP contribution is 2.30. The van der Waals surface area contributed by atoms with Crippen molar-refractivity contribution in [2.24, 2.45) is 10.9 Å². The molecule has 2 aliphatic heterocycles. The minimum absolute atomic E-state index is 0.116.